The number of alkyl halides is 3. The topological polar surface area (TPSA) is 20.2 Å². The molecule has 2 rings (SSSR count). The van der Waals surface area contributed by atoms with E-state index in [1.807, 2.05) is 6.92 Å². The van der Waals surface area contributed by atoms with Crippen LogP contribution in [0.2, 0.25) is 0 Å². The molecule has 4 heteroatoms. The van der Waals surface area contributed by atoms with Crippen LogP contribution >= 0.6 is 0 Å². The zero-order valence-corrected chi connectivity index (χ0v) is 11.4. The van der Waals surface area contributed by atoms with E-state index < -0.39 is 17.3 Å². The Kier molecular flexibility index (Phi) is 3.21. The minimum Gasteiger partial charge on any atom is -0.385 e. The van der Waals surface area contributed by atoms with E-state index in [0.29, 0.717) is 12.0 Å². The molecule has 0 aromatic heterocycles. The third-order valence-electron chi connectivity index (χ3n) is 4.13. The van der Waals surface area contributed by atoms with Gasteiger partial charge in [0.25, 0.3) is 0 Å². The number of halogens is 3. The van der Waals surface area contributed by atoms with E-state index in [0.717, 1.165) is 18.6 Å². The average molecular weight is 272 g/mol. The van der Waals surface area contributed by atoms with Crippen molar-refractivity contribution in [2.75, 3.05) is 0 Å². The van der Waals surface area contributed by atoms with Crippen molar-refractivity contribution in [3.05, 3.63) is 35.4 Å². The van der Waals surface area contributed by atoms with Crippen molar-refractivity contribution in [2.24, 2.45) is 11.3 Å². The van der Waals surface area contributed by atoms with Crippen LogP contribution in [0.1, 0.15) is 44.7 Å². The Labute approximate surface area is 111 Å². The fourth-order valence-electron chi connectivity index (χ4n) is 3.31. The maximum absolute atomic E-state index is 12.5. The Balaban J connectivity index is 2.33. The van der Waals surface area contributed by atoms with Gasteiger partial charge in [-0.1, -0.05) is 32.9 Å². The summed E-state index contributed by atoms with van der Waals surface area (Å²) >= 11 is 0. The highest BCUT2D eigenvalue weighted by atomic mass is 19.4. The van der Waals surface area contributed by atoms with Crippen molar-refractivity contribution >= 4 is 0 Å². The van der Waals surface area contributed by atoms with Crippen LogP contribution < -0.4 is 0 Å². The monoisotopic (exact) mass is 272 g/mol. The molecule has 1 N–H and O–H groups in total. The van der Waals surface area contributed by atoms with Crippen LogP contribution in [0.3, 0.4) is 0 Å². The van der Waals surface area contributed by atoms with E-state index in [1.165, 1.54) is 12.1 Å². The molecule has 1 fully saturated rings. The molecule has 1 aromatic rings. The lowest BCUT2D eigenvalue weighted by Crippen LogP contribution is -2.29. The van der Waals surface area contributed by atoms with Crippen molar-refractivity contribution in [3.8, 4) is 0 Å². The molecule has 0 spiro atoms. The maximum Gasteiger partial charge on any atom is 0.416 e. The summed E-state index contributed by atoms with van der Waals surface area (Å²) in [6.45, 7) is 6.10. The third-order valence-corrected chi connectivity index (χ3v) is 4.13. The van der Waals surface area contributed by atoms with Gasteiger partial charge in [0.05, 0.1) is 11.2 Å². The summed E-state index contributed by atoms with van der Waals surface area (Å²) in [6.07, 6.45) is -2.89. The Morgan fingerprint density at radius 1 is 1.16 bits per heavy atom. The molecule has 0 bridgehead atoms. The van der Waals surface area contributed by atoms with Crippen molar-refractivity contribution in [1.82, 2.24) is 0 Å². The second-order valence-electron chi connectivity index (χ2n) is 6.45. The van der Waals surface area contributed by atoms with Crippen LogP contribution in [-0.4, -0.2) is 5.11 Å². The summed E-state index contributed by atoms with van der Waals surface area (Å²) in [6, 6.07) is 4.90. The lowest BCUT2D eigenvalue weighted by atomic mass is 9.83. The van der Waals surface area contributed by atoms with Gasteiger partial charge in [-0.2, -0.15) is 13.2 Å². The number of hydrogen-bond donors (Lipinski definition) is 1. The summed E-state index contributed by atoms with van der Waals surface area (Å²) in [5, 5.41) is 10.8. The van der Waals surface area contributed by atoms with E-state index in [4.69, 9.17) is 0 Å². The predicted octanol–water partition coefficient (Wildman–Crippen LogP) is 4.35. The van der Waals surface area contributed by atoms with Crippen molar-refractivity contribution < 1.29 is 18.3 Å². The van der Waals surface area contributed by atoms with Gasteiger partial charge < -0.3 is 5.11 Å². The normalized spacial score (nSPS) is 30.6. The molecule has 2 atom stereocenters. The van der Waals surface area contributed by atoms with Gasteiger partial charge in [-0.05, 0) is 41.9 Å². The Bertz CT molecular complexity index is 461. The molecule has 19 heavy (non-hydrogen) atoms. The second-order valence-corrected chi connectivity index (χ2v) is 6.45. The molecule has 0 amide bonds. The van der Waals surface area contributed by atoms with Gasteiger partial charge in [-0.25, -0.2) is 0 Å². The first-order valence-corrected chi connectivity index (χ1v) is 6.45. The standard InChI is InChI=1S/C15H19F3O/c1-10-8-13(2,3)9-14(10,19)11-4-6-12(7-5-11)15(16,17)18/h4-7,10,19H,8-9H2,1-3H3. The summed E-state index contributed by atoms with van der Waals surface area (Å²) in [5.41, 5.74) is -1.10. The first-order valence-electron chi connectivity index (χ1n) is 6.45. The second kappa shape index (κ2) is 4.23. The zero-order chi connectivity index (χ0) is 14.5. The van der Waals surface area contributed by atoms with E-state index in [9.17, 15) is 18.3 Å². The van der Waals surface area contributed by atoms with E-state index in [1.54, 1.807) is 0 Å². The average Bonchev–Trinajstić information content (AvgIpc) is 2.47. The molecule has 1 aliphatic carbocycles. The minimum atomic E-state index is -4.33. The first kappa shape index (κ1) is 14.4. The summed E-state index contributed by atoms with van der Waals surface area (Å²) in [7, 11) is 0. The van der Waals surface area contributed by atoms with Gasteiger partial charge in [0.1, 0.15) is 0 Å². The Morgan fingerprint density at radius 2 is 1.68 bits per heavy atom. The molecule has 0 saturated heterocycles. The summed E-state index contributed by atoms with van der Waals surface area (Å²) in [4.78, 5) is 0. The number of aliphatic hydroxyl groups is 1. The minimum absolute atomic E-state index is 0.0108. The fourth-order valence-corrected chi connectivity index (χ4v) is 3.31. The molecule has 1 nitrogen and oxygen atoms in total. The lowest BCUT2D eigenvalue weighted by Gasteiger charge is -2.29. The van der Waals surface area contributed by atoms with Crippen molar-refractivity contribution in [3.63, 3.8) is 0 Å². The molecule has 0 heterocycles. The van der Waals surface area contributed by atoms with Gasteiger partial charge in [0, 0.05) is 0 Å². The van der Waals surface area contributed by atoms with Crippen LogP contribution in [0.4, 0.5) is 13.2 Å². The quantitative estimate of drug-likeness (QED) is 0.806. The number of benzene rings is 1. The lowest BCUT2D eigenvalue weighted by molar-refractivity contribution is -0.137. The molecule has 1 aliphatic rings. The molecule has 0 aliphatic heterocycles. The highest BCUT2D eigenvalue weighted by Gasteiger charge is 2.48. The molecular formula is C15H19F3O. The van der Waals surface area contributed by atoms with Gasteiger partial charge in [0.15, 0.2) is 0 Å². The van der Waals surface area contributed by atoms with Crippen LogP contribution in [0.15, 0.2) is 24.3 Å². The molecule has 1 saturated carbocycles. The van der Waals surface area contributed by atoms with Crippen LogP contribution in [0.25, 0.3) is 0 Å². The highest BCUT2D eigenvalue weighted by Crippen LogP contribution is 2.52. The molecule has 1 aromatic carbocycles. The number of rotatable bonds is 1. The first-order chi connectivity index (χ1) is 8.55. The predicted molar refractivity (Wildman–Crippen MR) is 67.5 cm³/mol. The van der Waals surface area contributed by atoms with Gasteiger partial charge in [0.2, 0.25) is 0 Å². The van der Waals surface area contributed by atoms with Gasteiger partial charge in [-0.3, -0.25) is 0 Å². The molecule has 106 valence electrons. The Morgan fingerprint density at radius 3 is 2.05 bits per heavy atom. The molecular weight excluding hydrogens is 253 g/mol. The van der Waals surface area contributed by atoms with E-state index in [-0.39, 0.29) is 11.3 Å². The van der Waals surface area contributed by atoms with E-state index >= 15 is 0 Å². The van der Waals surface area contributed by atoms with Crippen LogP contribution in [0, 0.1) is 11.3 Å². The highest BCUT2D eigenvalue weighted by molar-refractivity contribution is 5.30. The van der Waals surface area contributed by atoms with Gasteiger partial charge in [-0.15, -0.1) is 0 Å². The molecule has 2 unspecified atom stereocenters. The zero-order valence-electron chi connectivity index (χ0n) is 11.4. The summed E-state index contributed by atoms with van der Waals surface area (Å²) < 4.78 is 37.6. The smallest absolute Gasteiger partial charge is 0.385 e. The van der Waals surface area contributed by atoms with Crippen molar-refractivity contribution in [1.29, 1.82) is 0 Å². The van der Waals surface area contributed by atoms with Crippen molar-refractivity contribution in [2.45, 2.75) is 45.4 Å². The SMILES string of the molecule is CC1CC(C)(C)CC1(O)c1ccc(C(F)(F)F)cc1. The number of hydrogen-bond acceptors (Lipinski definition) is 1. The van der Waals surface area contributed by atoms with Gasteiger partial charge >= 0.3 is 6.18 Å². The van der Waals surface area contributed by atoms with Crippen LogP contribution in [0.5, 0.6) is 0 Å². The van der Waals surface area contributed by atoms with Crippen LogP contribution in [-0.2, 0) is 11.8 Å². The van der Waals surface area contributed by atoms with E-state index in [2.05, 4.69) is 13.8 Å². The summed E-state index contributed by atoms with van der Waals surface area (Å²) in [5.74, 6) is 0.0410. The third kappa shape index (κ3) is 2.64. The largest absolute Gasteiger partial charge is 0.416 e. The fraction of sp³-hybridized carbons (Fsp3) is 0.600. The Hall–Kier alpha value is -1.03. The molecule has 0 radical (unpaired) electrons. The maximum atomic E-state index is 12.5.